The van der Waals surface area contributed by atoms with Crippen molar-refractivity contribution in [1.29, 1.82) is 0 Å². The van der Waals surface area contributed by atoms with Crippen LogP contribution in [-0.4, -0.2) is 21.1 Å². The monoisotopic (exact) mass is 461 g/mol. The lowest BCUT2D eigenvalue weighted by atomic mass is 10.1. The zero-order chi connectivity index (χ0) is 25.1. The van der Waals surface area contributed by atoms with Crippen molar-refractivity contribution in [2.24, 2.45) is 0 Å². The lowest BCUT2D eigenvalue weighted by Gasteiger charge is -2.09. The number of ether oxygens (including phenoxy) is 1. The van der Waals surface area contributed by atoms with Crippen LogP contribution in [0, 0.1) is 0 Å². The first-order valence-electron chi connectivity index (χ1n) is 12.0. The lowest BCUT2D eigenvalue weighted by Crippen LogP contribution is -2.06. The highest BCUT2D eigenvalue weighted by Crippen LogP contribution is 2.23. The summed E-state index contributed by atoms with van der Waals surface area (Å²) < 4.78 is 11.0. The second-order valence-electron chi connectivity index (χ2n) is 9.38. The fourth-order valence-electron chi connectivity index (χ4n) is 2.95. The fraction of sp³-hybridized carbons (Fsp3) is 0.414. The van der Waals surface area contributed by atoms with Gasteiger partial charge in [-0.25, -0.2) is 4.98 Å². The molecule has 4 heterocycles. The van der Waals surface area contributed by atoms with Gasteiger partial charge in [0.15, 0.2) is 0 Å². The van der Waals surface area contributed by atoms with E-state index in [1.807, 2.05) is 68.8 Å². The Morgan fingerprint density at radius 2 is 1.50 bits per heavy atom. The van der Waals surface area contributed by atoms with E-state index in [1.165, 1.54) is 5.56 Å². The van der Waals surface area contributed by atoms with Crippen LogP contribution in [0.3, 0.4) is 0 Å². The van der Waals surface area contributed by atoms with Crippen LogP contribution in [0.2, 0.25) is 0 Å². The summed E-state index contributed by atoms with van der Waals surface area (Å²) in [6, 6.07) is 13.9. The first kappa shape index (κ1) is 27.0. The molecule has 4 aromatic heterocycles. The Bertz CT molecular complexity index is 1050. The predicted molar refractivity (Wildman–Crippen MR) is 141 cm³/mol. The Morgan fingerprint density at radius 3 is 1.97 bits per heavy atom. The molecule has 0 saturated heterocycles. The summed E-state index contributed by atoms with van der Waals surface area (Å²) in [5, 5.41) is 1.08. The Kier molecular flexibility index (Phi) is 10.7. The van der Waals surface area contributed by atoms with Crippen LogP contribution in [0.5, 0.6) is 5.88 Å². The number of rotatable bonds is 5. The molecule has 5 nitrogen and oxygen atoms in total. The predicted octanol–water partition coefficient (Wildman–Crippen LogP) is 8.15. The topological polar surface area (TPSA) is 61.0 Å². The minimum atomic E-state index is 0.192. The summed E-state index contributed by atoms with van der Waals surface area (Å²) in [4.78, 5) is 12.4. The zero-order valence-corrected chi connectivity index (χ0v) is 21.8. The van der Waals surface area contributed by atoms with Gasteiger partial charge in [-0.05, 0) is 55.5 Å². The first-order chi connectivity index (χ1) is 16.2. The van der Waals surface area contributed by atoms with Gasteiger partial charge in [0.25, 0.3) is 0 Å². The maximum Gasteiger partial charge on any atom is 0.213 e. The van der Waals surface area contributed by atoms with E-state index in [9.17, 15) is 0 Å². The molecule has 0 amide bonds. The number of fused-ring (bicyclic) bond motifs is 1. The third kappa shape index (κ3) is 8.97. The van der Waals surface area contributed by atoms with Crippen LogP contribution >= 0.6 is 0 Å². The van der Waals surface area contributed by atoms with E-state index < -0.39 is 0 Å². The van der Waals surface area contributed by atoms with Crippen molar-refractivity contribution >= 4 is 11.0 Å². The van der Waals surface area contributed by atoms with Gasteiger partial charge < -0.3 is 9.15 Å². The molecule has 0 atom stereocenters. The average Bonchev–Trinajstić information content (AvgIpc) is 3.25. The number of nitrogens with zero attached hydrogens (tertiary/aromatic N) is 3. The average molecular weight is 462 g/mol. The van der Waals surface area contributed by atoms with Crippen molar-refractivity contribution in [2.75, 3.05) is 0 Å². The van der Waals surface area contributed by atoms with Gasteiger partial charge in [0.1, 0.15) is 11.3 Å². The summed E-state index contributed by atoms with van der Waals surface area (Å²) >= 11 is 0. The molecule has 0 fully saturated rings. The van der Waals surface area contributed by atoms with Crippen molar-refractivity contribution in [1.82, 2.24) is 15.0 Å². The molecule has 4 aromatic rings. The number of hydrogen-bond donors (Lipinski definition) is 0. The molecular weight excluding hydrogens is 422 g/mol. The van der Waals surface area contributed by atoms with Crippen molar-refractivity contribution < 1.29 is 9.15 Å². The molecule has 0 N–H and O–H groups in total. The third-order valence-corrected chi connectivity index (χ3v) is 4.97. The molecule has 4 rings (SSSR count). The van der Waals surface area contributed by atoms with Crippen LogP contribution in [0.4, 0.5) is 0 Å². The van der Waals surface area contributed by atoms with E-state index in [-0.39, 0.29) is 6.10 Å². The number of furan rings is 1. The standard InChI is InChI=1S/C11H17NO.C10H11NO.C8H11N/c1-8(2)10-5-6-11(12-7-10)13-9(3)4;1-7(2)10-5-8-6-11-4-3-9(8)12-10;1-7(2)8-5-3-4-6-9-8/h5-9H,1-4H3;3-7H,1-2H3;3-7H,1-2H3. The molecule has 0 aliphatic rings. The van der Waals surface area contributed by atoms with Gasteiger partial charge in [-0.15, -0.1) is 0 Å². The van der Waals surface area contributed by atoms with Crippen LogP contribution < -0.4 is 4.74 Å². The Hall–Kier alpha value is -3.21. The second kappa shape index (κ2) is 13.5. The minimum Gasteiger partial charge on any atom is -0.475 e. The first-order valence-corrected chi connectivity index (χ1v) is 12.0. The maximum absolute atomic E-state index is 5.59. The van der Waals surface area contributed by atoms with Crippen LogP contribution in [0.25, 0.3) is 11.0 Å². The van der Waals surface area contributed by atoms with E-state index in [4.69, 9.17) is 9.15 Å². The molecule has 0 radical (unpaired) electrons. The van der Waals surface area contributed by atoms with Gasteiger partial charge in [0, 0.05) is 47.9 Å². The van der Waals surface area contributed by atoms with Crippen molar-refractivity contribution in [3.05, 3.63) is 84.3 Å². The van der Waals surface area contributed by atoms with Gasteiger partial charge in [0.05, 0.1) is 6.10 Å². The highest BCUT2D eigenvalue weighted by molar-refractivity contribution is 5.76. The molecule has 5 heteroatoms. The molecule has 182 valence electrons. The second-order valence-corrected chi connectivity index (χ2v) is 9.38. The lowest BCUT2D eigenvalue weighted by molar-refractivity contribution is 0.232. The highest BCUT2D eigenvalue weighted by Gasteiger charge is 2.06. The summed E-state index contributed by atoms with van der Waals surface area (Å²) in [7, 11) is 0. The largest absolute Gasteiger partial charge is 0.475 e. The van der Waals surface area contributed by atoms with E-state index in [0.717, 1.165) is 22.4 Å². The van der Waals surface area contributed by atoms with Gasteiger partial charge in [-0.2, -0.15) is 0 Å². The SMILES string of the molecule is CC(C)Oc1ccc(C(C)C)cn1.CC(C)c1cc2cnccc2o1.CC(C)c1ccccn1. The summed E-state index contributed by atoms with van der Waals surface area (Å²) in [6.07, 6.45) is 7.47. The van der Waals surface area contributed by atoms with E-state index in [0.29, 0.717) is 23.6 Å². The molecule has 34 heavy (non-hydrogen) atoms. The van der Waals surface area contributed by atoms with Gasteiger partial charge in [-0.3, -0.25) is 9.97 Å². The molecule has 0 aliphatic heterocycles. The van der Waals surface area contributed by atoms with Crippen LogP contribution in [0.15, 0.2) is 71.7 Å². The maximum atomic E-state index is 5.59. The van der Waals surface area contributed by atoms with Crippen LogP contribution in [-0.2, 0) is 0 Å². The van der Waals surface area contributed by atoms with Crippen LogP contribution in [0.1, 0.15) is 90.2 Å². The minimum absolute atomic E-state index is 0.192. The normalized spacial score (nSPS) is 10.8. The molecule has 0 spiro atoms. The number of pyridine rings is 3. The third-order valence-electron chi connectivity index (χ3n) is 4.97. The summed E-state index contributed by atoms with van der Waals surface area (Å²) in [5.74, 6) is 3.25. The molecule has 0 saturated carbocycles. The number of aromatic nitrogens is 3. The van der Waals surface area contributed by atoms with Crippen molar-refractivity contribution in [2.45, 2.75) is 79.2 Å². The zero-order valence-electron chi connectivity index (χ0n) is 21.8. The Balaban J connectivity index is 0.000000183. The van der Waals surface area contributed by atoms with Crippen molar-refractivity contribution in [3.8, 4) is 5.88 Å². The molecule has 0 aliphatic carbocycles. The summed E-state index contributed by atoms with van der Waals surface area (Å²) in [6.45, 7) is 16.8. The van der Waals surface area contributed by atoms with Gasteiger partial charge >= 0.3 is 0 Å². The quantitative estimate of drug-likeness (QED) is 0.300. The van der Waals surface area contributed by atoms with Gasteiger partial charge in [0.2, 0.25) is 5.88 Å². The number of hydrogen-bond acceptors (Lipinski definition) is 5. The summed E-state index contributed by atoms with van der Waals surface area (Å²) in [5.41, 5.74) is 3.34. The molecular formula is C29H39N3O2. The molecule has 0 bridgehead atoms. The fourth-order valence-corrected chi connectivity index (χ4v) is 2.95. The Labute approximate surface area is 204 Å². The highest BCUT2D eigenvalue weighted by atomic mass is 16.5. The van der Waals surface area contributed by atoms with E-state index >= 15 is 0 Å². The Morgan fingerprint density at radius 1 is 0.735 bits per heavy atom. The van der Waals surface area contributed by atoms with Crippen molar-refractivity contribution in [3.63, 3.8) is 0 Å². The van der Waals surface area contributed by atoms with E-state index in [1.54, 1.807) is 6.20 Å². The smallest absolute Gasteiger partial charge is 0.213 e. The van der Waals surface area contributed by atoms with E-state index in [2.05, 4.69) is 62.6 Å². The molecule has 0 aromatic carbocycles. The molecule has 0 unspecified atom stereocenters. The van der Waals surface area contributed by atoms with Gasteiger partial charge in [-0.1, -0.05) is 53.7 Å².